The molecule has 1 aliphatic carbocycles. The van der Waals surface area contributed by atoms with E-state index in [9.17, 15) is 14.4 Å². The summed E-state index contributed by atoms with van der Waals surface area (Å²) in [5, 5.41) is 9.83. The van der Waals surface area contributed by atoms with E-state index in [0.717, 1.165) is 49.8 Å². The molecule has 8 nitrogen and oxygen atoms in total. The van der Waals surface area contributed by atoms with Crippen molar-refractivity contribution >= 4 is 5.69 Å². The van der Waals surface area contributed by atoms with Gasteiger partial charge in [-0.2, -0.15) is 5.26 Å². The number of aromatic amines is 1. The molecule has 1 spiro atoms. The van der Waals surface area contributed by atoms with Gasteiger partial charge in [0.25, 0.3) is 11.6 Å². The van der Waals surface area contributed by atoms with Gasteiger partial charge in [-0.3, -0.25) is 14.7 Å². The zero-order chi connectivity index (χ0) is 23.5. The standard InChI is InChI=1S/C25H28FN5O3/c26-16-9-24(6-2-8-31(24)12-16)14-33-23-29-20-10-25(34-13-18(20)22(32)30-23)7-1-3-15-4-5-19(28)17(11-27)21(15)25/h4-5,16H,1-3,6-10,12-14,28H2,(H,29,30,32)/t16-,24?,25?/m1/s1. The second kappa shape index (κ2) is 7.79. The molecule has 3 aliphatic heterocycles. The predicted molar refractivity (Wildman–Crippen MR) is 122 cm³/mol. The van der Waals surface area contributed by atoms with Gasteiger partial charge in [-0.25, -0.2) is 9.37 Å². The van der Waals surface area contributed by atoms with E-state index in [4.69, 9.17) is 15.2 Å². The highest BCUT2D eigenvalue weighted by Crippen LogP contribution is 2.46. The highest BCUT2D eigenvalue weighted by atomic mass is 19.1. The van der Waals surface area contributed by atoms with Crippen molar-refractivity contribution in [3.63, 3.8) is 0 Å². The van der Waals surface area contributed by atoms with Crippen LogP contribution in [0.5, 0.6) is 6.01 Å². The SMILES string of the molecule is N#Cc1c(N)ccc2c1C1(CCC2)Cc2nc(OCC34CCCN3C[C@H](F)C4)[nH]c(=O)c2CO1. The number of ether oxygens (including phenoxy) is 2. The third-order valence-electron chi connectivity index (χ3n) is 8.18. The molecule has 2 saturated heterocycles. The minimum absolute atomic E-state index is 0.109. The summed E-state index contributed by atoms with van der Waals surface area (Å²) in [6, 6.07) is 6.17. The molecule has 0 saturated carbocycles. The second-order valence-electron chi connectivity index (χ2n) is 10.1. The van der Waals surface area contributed by atoms with Crippen LogP contribution in [0.3, 0.4) is 0 Å². The summed E-state index contributed by atoms with van der Waals surface area (Å²) < 4.78 is 26.4. The van der Waals surface area contributed by atoms with Gasteiger partial charge in [0.2, 0.25) is 0 Å². The molecule has 0 radical (unpaired) electrons. The number of H-pyrrole nitrogens is 1. The van der Waals surface area contributed by atoms with Gasteiger partial charge in [0.05, 0.1) is 29.0 Å². The maximum absolute atomic E-state index is 14.1. The first-order chi connectivity index (χ1) is 16.4. The fourth-order valence-electron chi connectivity index (χ4n) is 6.59. The Kier molecular flexibility index (Phi) is 4.94. The zero-order valence-electron chi connectivity index (χ0n) is 19.0. The summed E-state index contributed by atoms with van der Waals surface area (Å²) in [5.41, 5.74) is 8.67. The van der Waals surface area contributed by atoms with Gasteiger partial charge in [-0.15, -0.1) is 0 Å². The molecule has 0 bridgehead atoms. The summed E-state index contributed by atoms with van der Waals surface area (Å²) >= 11 is 0. The summed E-state index contributed by atoms with van der Waals surface area (Å²) in [7, 11) is 0. The number of fused-ring (bicyclic) bond motifs is 4. The fraction of sp³-hybridized carbons (Fsp3) is 0.560. The molecular formula is C25H28FN5O3. The molecule has 34 heavy (non-hydrogen) atoms. The molecule has 6 rings (SSSR count). The zero-order valence-corrected chi connectivity index (χ0v) is 19.0. The van der Waals surface area contributed by atoms with Crippen molar-refractivity contribution in [2.75, 3.05) is 25.4 Å². The summed E-state index contributed by atoms with van der Waals surface area (Å²) in [5.74, 6) is 0. The summed E-state index contributed by atoms with van der Waals surface area (Å²) in [4.78, 5) is 22.4. The van der Waals surface area contributed by atoms with Gasteiger partial charge in [-0.1, -0.05) is 6.07 Å². The number of hydrogen-bond donors (Lipinski definition) is 2. The molecule has 4 aliphatic rings. The number of nitrogens with two attached hydrogens (primary N) is 1. The first kappa shape index (κ1) is 21.6. The van der Waals surface area contributed by atoms with Gasteiger partial charge >= 0.3 is 0 Å². The number of alkyl halides is 1. The molecule has 3 atom stereocenters. The van der Waals surface area contributed by atoms with E-state index in [2.05, 4.69) is 20.9 Å². The molecule has 1 aromatic heterocycles. The Balaban J connectivity index is 1.32. The van der Waals surface area contributed by atoms with Crippen LogP contribution in [0.1, 0.15) is 60.1 Å². The van der Waals surface area contributed by atoms with E-state index >= 15 is 0 Å². The number of nitrogens with one attached hydrogen (secondary N) is 1. The molecular weight excluding hydrogens is 437 g/mol. The third kappa shape index (κ3) is 3.23. The maximum Gasteiger partial charge on any atom is 0.296 e. The molecule has 2 aromatic rings. The lowest BCUT2D eigenvalue weighted by molar-refractivity contribution is -0.0863. The quantitative estimate of drug-likeness (QED) is 0.669. The van der Waals surface area contributed by atoms with Crippen LogP contribution in [0.4, 0.5) is 10.1 Å². The monoisotopic (exact) mass is 465 g/mol. The van der Waals surface area contributed by atoms with E-state index in [1.165, 1.54) is 0 Å². The Labute approximate surface area is 196 Å². The number of aryl methyl sites for hydroxylation is 1. The van der Waals surface area contributed by atoms with E-state index < -0.39 is 11.8 Å². The third-order valence-corrected chi connectivity index (χ3v) is 8.18. The smallest absolute Gasteiger partial charge is 0.296 e. The lowest BCUT2D eigenvalue weighted by Crippen LogP contribution is -2.44. The van der Waals surface area contributed by atoms with E-state index in [1.54, 1.807) is 6.07 Å². The maximum atomic E-state index is 14.1. The average Bonchev–Trinajstić information content (AvgIpc) is 3.34. The first-order valence-corrected chi connectivity index (χ1v) is 12.0. The Morgan fingerprint density at radius 2 is 2.26 bits per heavy atom. The molecule has 3 N–H and O–H groups in total. The highest BCUT2D eigenvalue weighted by Gasteiger charge is 2.49. The number of aromatic nitrogens is 2. The Morgan fingerprint density at radius 1 is 1.38 bits per heavy atom. The number of anilines is 1. The number of rotatable bonds is 3. The summed E-state index contributed by atoms with van der Waals surface area (Å²) in [6.07, 6.45) is 4.37. The minimum Gasteiger partial charge on any atom is -0.463 e. The Morgan fingerprint density at radius 3 is 3.12 bits per heavy atom. The van der Waals surface area contributed by atoms with E-state index in [1.807, 2.05) is 6.07 Å². The molecule has 9 heteroatoms. The van der Waals surface area contributed by atoms with Crippen LogP contribution in [0.25, 0.3) is 0 Å². The topological polar surface area (TPSA) is 117 Å². The number of nitrogens with zero attached hydrogens (tertiary/aromatic N) is 3. The molecule has 2 unspecified atom stereocenters. The lowest BCUT2D eigenvalue weighted by atomic mass is 9.73. The normalized spacial score (nSPS) is 29.9. The molecule has 2 fully saturated rings. The van der Waals surface area contributed by atoms with Gasteiger partial charge < -0.3 is 15.2 Å². The van der Waals surface area contributed by atoms with Crippen molar-refractivity contribution in [2.24, 2.45) is 0 Å². The Hall–Kier alpha value is -2.96. The van der Waals surface area contributed by atoms with Gasteiger partial charge in [0.1, 0.15) is 24.4 Å². The average molecular weight is 466 g/mol. The van der Waals surface area contributed by atoms with Crippen LogP contribution in [0, 0.1) is 11.3 Å². The van der Waals surface area contributed by atoms with Crippen molar-refractivity contribution in [3.05, 3.63) is 50.4 Å². The second-order valence-corrected chi connectivity index (χ2v) is 10.1. The van der Waals surface area contributed by atoms with Crippen LogP contribution < -0.4 is 16.0 Å². The summed E-state index contributed by atoms with van der Waals surface area (Å²) in [6.45, 7) is 1.73. The van der Waals surface area contributed by atoms with Crippen LogP contribution in [0.15, 0.2) is 16.9 Å². The predicted octanol–water partition coefficient (Wildman–Crippen LogP) is 2.48. The van der Waals surface area contributed by atoms with E-state index in [-0.39, 0.29) is 23.7 Å². The van der Waals surface area contributed by atoms with Crippen molar-refractivity contribution in [2.45, 2.75) is 68.9 Å². The van der Waals surface area contributed by atoms with Crippen LogP contribution in [0.2, 0.25) is 0 Å². The van der Waals surface area contributed by atoms with Crippen molar-refractivity contribution in [1.82, 2.24) is 14.9 Å². The van der Waals surface area contributed by atoms with Crippen molar-refractivity contribution in [1.29, 1.82) is 5.26 Å². The Bertz CT molecular complexity index is 1260. The van der Waals surface area contributed by atoms with E-state index in [0.29, 0.717) is 48.5 Å². The van der Waals surface area contributed by atoms with Crippen LogP contribution in [-0.2, 0) is 29.8 Å². The molecule has 178 valence electrons. The number of nitriles is 1. The van der Waals surface area contributed by atoms with Crippen LogP contribution in [-0.4, -0.2) is 46.3 Å². The van der Waals surface area contributed by atoms with Gasteiger partial charge in [0.15, 0.2) is 0 Å². The van der Waals surface area contributed by atoms with Crippen molar-refractivity contribution in [3.8, 4) is 12.1 Å². The van der Waals surface area contributed by atoms with Crippen molar-refractivity contribution < 1.29 is 13.9 Å². The largest absolute Gasteiger partial charge is 0.463 e. The number of hydrogen-bond acceptors (Lipinski definition) is 7. The number of halogens is 1. The molecule has 0 amide bonds. The lowest BCUT2D eigenvalue weighted by Gasteiger charge is -2.42. The van der Waals surface area contributed by atoms with Gasteiger partial charge in [0, 0.05) is 30.6 Å². The highest BCUT2D eigenvalue weighted by molar-refractivity contribution is 5.63. The first-order valence-electron chi connectivity index (χ1n) is 12.0. The molecule has 4 heterocycles. The number of benzene rings is 1. The minimum atomic E-state index is -0.843. The van der Waals surface area contributed by atoms with Crippen LogP contribution >= 0.6 is 0 Å². The van der Waals surface area contributed by atoms with Gasteiger partial charge in [-0.05, 0) is 50.3 Å². The fourth-order valence-corrected chi connectivity index (χ4v) is 6.59. The number of nitrogen functional groups attached to an aromatic ring is 1. The molecule has 1 aromatic carbocycles.